The second kappa shape index (κ2) is 9.32. The van der Waals surface area contributed by atoms with Gasteiger partial charge in [-0.05, 0) is 37.3 Å². The molecule has 0 bridgehead atoms. The van der Waals surface area contributed by atoms with Crippen LogP contribution in [0.4, 0.5) is 5.69 Å². The molecule has 0 aliphatic rings. The average molecular weight is 437 g/mol. The third-order valence-electron chi connectivity index (χ3n) is 3.92. The second-order valence-electron chi connectivity index (χ2n) is 5.71. The Balaban J connectivity index is 1.73. The van der Waals surface area contributed by atoms with Crippen molar-refractivity contribution in [1.82, 2.24) is 14.8 Å². The predicted molar refractivity (Wildman–Crippen MR) is 113 cm³/mol. The zero-order chi connectivity index (χ0) is 20.1. The second-order valence-corrected chi connectivity index (χ2v) is 7.50. The minimum atomic E-state index is -0.196. The lowest BCUT2D eigenvalue weighted by Gasteiger charge is -2.10. The largest absolute Gasteiger partial charge is 0.496 e. The summed E-state index contributed by atoms with van der Waals surface area (Å²) in [4.78, 5) is 12.3. The number of benzene rings is 2. The highest BCUT2D eigenvalue weighted by Crippen LogP contribution is 2.31. The number of hydrogen-bond donors (Lipinski definition) is 1. The summed E-state index contributed by atoms with van der Waals surface area (Å²) in [7, 11) is 1.62. The predicted octanol–water partition coefficient (Wildman–Crippen LogP) is 5.01. The molecule has 1 amide bonds. The summed E-state index contributed by atoms with van der Waals surface area (Å²) >= 11 is 13.3. The van der Waals surface area contributed by atoms with Gasteiger partial charge in [-0.25, -0.2) is 0 Å². The van der Waals surface area contributed by atoms with Crippen LogP contribution in [0.2, 0.25) is 10.0 Å². The molecule has 1 aromatic heterocycles. The molecule has 0 spiro atoms. The van der Waals surface area contributed by atoms with E-state index in [2.05, 4.69) is 15.5 Å². The van der Waals surface area contributed by atoms with Gasteiger partial charge in [-0.2, -0.15) is 0 Å². The molecule has 9 heteroatoms. The molecule has 146 valence electrons. The fourth-order valence-corrected chi connectivity index (χ4v) is 3.87. The molecule has 0 saturated heterocycles. The number of amides is 1. The molecule has 0 atom stereocenters. The SMILES string of the molecule is CCn1c(SCC(=O)Nc2ccc(Cl)cc2Cl)nnc1-c1ccccc1OC. The number of rotatable bonds is 7. The minimum absolute atomic E-state index is 0.170. The first-order valence-corrected chi connectivity index (χ1v) is 10.2. The standard InChI is InChI=1S/C19H18Cl2N4O2S/c1-3-25-18(13-6-4-5-7-16(13)27-2)23-24-19(25)28-11-17(26)22-15-9-8-12(20)10-14(15)21/h4-10H,3,11H2,1-2H3,(H,22,26). The number of anilines is 1. The number of ether oxygens (including phenoxy) is 1. The Labute approximate surface area is 177 Å². The summed E-state index contributed by atoms with van der Waals surface area (Å²) in [6, 6.07) is 12.5. The van der Waals surface area contributed by atoms with E-state index >= 15 is 0 Å². The third kappa shape index (κ3) is 4.60. The van der Waals surface area contributed by atoms with Gasteiger partial charge in [-0.3, -0.25) is 4.79 Å². The van der Waals surface area contributed by atoms with Crippen LogP contribution >= 0.6 is 35.0 Å². The summed E-state index contributed by atoms with van der Waals surface area (Å²) < 4.78 is 7.37. The van der Waals surface area contributed by atoms with Crippen LogP contribution in [-0.4, -0.2) is 33.5 Å². The van der Waals surface area contributed by atoms with Crippen molar-refractivity contribution < 1.29 is 9.53 Å². The number of aromatic nitrogens is 3. The first-order valence-electron chi connectivity index (χ1n) is 8.47. The van der Waals surface area contributed by atoms with Crippen molar-refractivity contribution in [2.24, 2.45) is 0 Å². The maximum Gasteiger partial charge on any atom is 0.234 e. The molecule has 0 saturated carbocycles. The van der Waals surface area contributed by atoms with Crippen molar-refractivity contribution in [2.45, 2.75) is 18.6 Å². The number of nitrogens with zero attached hydrogens (tertiary/aromatic N) is 3. The number of halogens is 2. The van der Waals surface area contributed by atoms with Crippen molar-refractivity contribution in [3.05, 3.63) is 52.5 Å². The van der Waals surface area contributed by atoms with Crippen molar-refractivity contribution in [3.8, 4) is 17.1 Å². The Morgan fingerprint density at radius 1 is 1.21 bits per heavy atom. The Hall–Kier alpha value is -2.22. The molecule has 1 heterocycles. The van der Waals surface area contributed by atoms with Crippen molar-refractivity contribution >= 4 is 46.6 Å². The van der Waals surface area contributed by atoms with Gasteiger partial charge in [0, 0.05) is 11.6 Å². The van der Waals surface area contributed by atoms with Crippen LogP contribution in [0.15, 0.2) is 47.6 Å². The van der Waals surface area contributed by atoms with Crippen molar-refractivity contribution in [2.75, 3.05) is 18.2 Å². The molecule has 0 aliphatic heterocycles. The number of carbonyl (C=O) groups excluding carboxylic acids is 1. The van der Waals surface area contributed by atoms with E-state index in [4.69, 9.17) is 27.9 Å². The Bertz CT molecular complexity index is 994. The maximum atomic E-state index is 12.3. The van der Waals surface area contributed by atoms with Crippen LogP contribution < -0.4 is 10.1 Å². The number of carbonyl (C=O) groups is 1. The van der Waals surface area contributed by atoms with Crippen LogP contribution in [0.1, 0.15) is 6.92 Å². The van der Waals surface area contributed by atoms with Gasteiger partial charge in [0.05, 0.1) is 29.1 Å². The van der Waals surface area contributed by atoms with Gasteiger partial charge in [-0.1, -0.05) is 47.1 Å². The lowest BCUT2D eigenvalue weighted by Crippen LogP contribution is -2.15. The molecular weight excluding hydrogens is 419 g/mol. The number of methoxy groups -OCH3 is 1. The van der Waals surface area contributed by atoms with E-state index in [1.807, 2.05) is 35.8 Å². The van der Waals surface area contributed by atoms with E-state index in [0.717, 1.165) is 11.3 Å². The monoisotopic (exact) mass is 436 g/mol. The molecular formula is C19H18Cl2N4O2S. The number of hydrogen-bond acceptors (Lipinski definition) is 5. The van der Waals surface area contributed by atoms with Gasteiger partial charge in [0.2, 0.25) is 5.91 Å². The lowest BCUT2D eigenvalue weighted by atomic mass is 10.2. The highest BCUT2D eigenvalue weighted by molar-refractivity contribution is 7.99. The molecule has 0 radical (unpaired) electrons. The van der Waals surface area contributed by atoms with Gasteiger partial charge in [0.25, 0.3) is 0 Å². The molecule has 6 nitrogen and oxygen atoms in total. The fourth-order valence-electron chi connectivity index (χ4n) is 2.62. The summed E-state index contributed by atoms with van der Waals surface area (Å²) in [5.41, 5.74) is 1.37. The summed E-state index contributed by atoms with van der Waals surface area (Å²) in [6.45, 7) is 2.66. The van der Waals surface area contributed by atoms with Crippen molar-refractivity contribution in [3.63, 3.8) is 0 Å². The Morgan fingerprint density at radius 2 is 2.00 bits per heavy atom. The number of nitrogens with one attached hydrogen (secondary N) is 1. The topological polar surface area (TPSA) is 69.0 Å². The van der Waals surface area contributed by atoms with E-state index in [1.165, 1.54) is 11.8 Å². The van der Waals surface area contributed by atoms with Crippen LogP contribution in [0.3, 0.4) is 0 Å². The van der Waals surface area contributed by atoms with Crippen LogP contribution in [-0.2, 0) is 11.3 Å². The molecule has 0 fully saturated rings. The number of thioether (sulfide) groups is 1. The molecule has 0 aliphatic carbocycles. The number of para-hydroxylation sites is 1. The molecule has 28 heavy (non-hydrogen) atoms. The van der Waals surface area contributed by atoms with Crippen LogP contribution in [0.25, 0.3) is 11.4 Å². The van der Waals surface area contributed by atoms with Gasteiger partial charge in [-0.15, -0.1) is 10.2 Å². The fraction of sp³-hybridized carbons (Fsp3) is 0.211. The highest BCUT2D eigenvalue weighted by Gasteiger charge is 2.17. The van der Waals surface area contributed by atoms with E-state index in [-0.39, 0.29) is 11.7 Å². The zero-order valence-electron chi connectivity index (χ0n) is 15.3. The summed E-state index contributed by atoms with van der Waals surface area (Å²) in [6.07, 6.45) is 0. The molecule has 3 rings (SSSR count). The van der Waals surface area contributed by atoms with Gasteiger partial charge in [0.15, 0.2) is 11.0 Å². The van der Waals surface area contributed by atoms with Gasteiger partial charge >= 0.3 is 0 Å². The van der Waals surface area contributed by atoms with E-state index < -0.39 is 0 Å². The Kier molecular flexibility index (Phi) is 6.83. The molecule has 1 N–H and O–H groups in total. The smallest absolute Gasteiger partial charge is 0.234 e. The Morgan fingerprint density at radius 3 is 2.71 bits per heavy atom. The van der Waals surface area contributed by atoms with Crippen molar-refractivity contribution in [1.29, 1.82) is 0 Å². The van der Waals surface area contributed by atoms with Crippen LogP contribution in [0, 0.1) is 0 Å². The van der Waals surface area contributed by atoms with Gasteiger partial charge < -0.3 is 14.6 Å². The molecule has 3 aromatic rings. The molecule has 2 aromatic carbocycles. The normalized spacial score (nSPS) is 10.7. The third-order valence-corrected chi connectivity index (χ3v) is 5.43. The first kappa shape index (κ1) is 20.5. The zero-order valence-corrected chi connectivity index (χ0v) is 17.6. The van der Waals surface area contributed by atoms with E-state index in [1.54, 1.807) is 25.3 Å². The van der Waals surface area contributed by atoms with E-state index in [9.17, 15) is 4.79 Å². The summed E-state index contributed by atoms with van der Waals surface area (Å²) in [5, 5.41) is 12.9. The summed E-state index contributed by atoms with van der Waals surface area (Å²) in [5.74, 6) is 1.39. The highest BCUT2D eigenvalue weighted by atomic mass is 35.5. The maximum absolute atomic E-state index is 12.3. The minimum Gasteiger partial charge on any atom is -0.496 e. The van der Waals surface area contributed by atoms with Gasteiger partial charge in [0.1, 0.15) is 5.75 Å². The van der Waals surface area contributed by atoms with Crippen LogP contribution in [0.5, 0.6) is 5.75 Å². The average Bonchev–Trinajstić information content (AvgIpc) is 3.11. The van der Waals surface area contributed by atoms with E-state index in [0.29, 0.717) is 33.3 Å². The quantitative estimate of drug-likeness (QED) is 0.527. The molecule has 0 unspecified atom stereocenters. The lowest BCUT2D eigenvalue weighted by molar-refractivity contribution is -0.113. The first-order chi connectivity index (χ1) is 13.5.